The minimum absolute atomic E-state index is 0.0501. The first-order valence-corrected chi connectivity index (χ1v) is 21.0. The van der Waals surface area contributed by atoms with Crippen LogP contribution in [0.3, 0.4) is 0 Å². The Morgan fingerprint density at radius 1 is 0.882 bits per heavy atom. The summed E-state index contributed by atoms with van der Waals surface area (Å²) in [6, 6.07) is 0. The number of carboxylic acid groups (broad SMARTS) is 1. The molecule has 7 heteroatoms. The number of aliphatic carboxylic acids is 1. The Bertz CT molecular complexity index is 1460. The third-order valence-corrected chi connectivity index (χ3v) is 17.5. The van der Waals surface area contributed by atoms with Crippen LogP contribution in [0.5, 0.6) is 0 Å². The van der Waals surface area contributed by atoms with Crippen molar-refractivity contribution in [3.63, 3.8) is 0 Å². The van der Waals surface area contributed by atoms with Crippen LogP contribution < -0.4 is 10.6 Å². The zero-order chi connectivity index (χ0) is 36.7. The largest absolute Gasteiger partial charge is 0.481 e. The summed E-state index contributed by atoms with van der Waals surface area (Å²) in [6.07, 6.45) is 13.3. The third kappa shape index (κ3) is 6.00. The topological polar surface area (TPSA) is 113 Å². The number of carboxylic acids is 1. The summed E-state index contributed by atoms with van der Waals surface area (Å²) >= 11 is 0. The average Bonchev–Trinajstić information content (AvgIpc) is 3.36. The maximum atomic E-state index is 13.9. The van der Waals surface area contributed by atoms with E-state index in [1.165, 1.54) is 24.8 Å². The van der Waals surface area contributed by atoms with Gasteiger partial charge < -0.3 is 15.7 Å². The van der Waals surface area contributed by atoms with Gasteiger partial charge in [-0.3, -0.25) is 19.2 Å². The van der Waals surface area contributed by atoms with E-state index in [1.807, 2.05) is 6.92 Å². The molecule has 5 saturated carbocycles. The number of carbonyl (C=O) groups is 4. The molecule has 6 aliphatic carbocycles. The number of rotatable bonds is 9. The molecule has 7 nitrogen and oxygen atoms in total. The van der Waals surface area contributed by atoms with Gasteiger partial charge in [-0.1, -0.05) is 54.0 Å². The Kier molecular flexibility index (Phi) is 9.78. The fourth-order valence-corrected chi connectivity index (χ4v) is 14.7. The molecule has 7 rings (SSSR count). The fraction of sp³-hybridized carbons (Fsp3) is 0.864. The smallest absolute Gasteiger partial charge is 0.306 e. The number of carbonyl (C=O) groups excluding carboxylic acids is 3. The minimum Gasteiger partial charge on any atom is -0.481 e. The van der Waals surface area contributed by atoms with E-state index in [1.54, 1.807) is 0 Å². The van der Waals surface area contributed by atoms with E-state index in [-0.39, 0.29) is 51.2 Å². The van der Waals surface area contributed by atoms with Crippen molar-refractivity contribution in [1.82, 2.24) is 10.6 Å². The first kappa shape index (κ1) is 37.3. The molecule has 11 atom stereocenters. The van der Waals surface area contributed by atoms with Crippen molar-refractivity contribution >= 4 is 23.4 Å². The van der Waals surface area contributed by atoms with Crippen molar-refractivity contribution in [3.8, 4) is 0 Å². The van der Waals surface area contributed by atoms with Crippen LogP contribution in [0.2, 0.25) is 0 Å². The number of allylic oxidation sites excluding steroid dienone is 2. The van der Waals surface area contributed by atoms with Crippen LogP contribution in [0.15, 0.2) is 11.1 Å². The lowest BCUT2D eigenvalue weighted by Gasteiger charge is -2.69. The van der Waals surface area contributed by atoms with Crippen LogP contribution in [0, 0.1) is 80.8 Å². The maximum Gasteiger partial charge on any atom is 0.306 e. The van der Waals surface area contributed by atoms with Gasteiger partial charge in [0.2, 0.25) is 5.91 Å². The van der Waals surface area contributed by atoms with Crippen LogP contribution in [-0.2, 0) is 19.2 Å². The van der Waals surface area contributed by atoms with E-state index in [0.29, 0.717) is 72.8 Å². The first-order valence-electron chi connectivity index (χ1n) is 21.0. The average molecular weight is 705 g/mol. The molecule has 1 heterocycles. The quantitative estimate of drug-likeness (QED) is 0.224. The molecule has 3 N–H and O–H groups in total. The van der Waals surface area contributed by atoms with Crippen molar-refractivity contribution in [3.05, 3.63) is 11.1 Å². The van der Waals surface area contributed by atoms with E-state index in [0.717, 1.165) is 70.2 Å². The Hall–Kier alpha value is -2.02. The number of ketones is 2. The van der Waals surface area contributed by atoms with Gasteiger partial charge >= 0.3 is 5.97 Å². The predicted octanol–water partition coefficient (Wildman–Crippen LogP) is 8.02. The van der Waals surface area contributed by atoms with Crippen LogP contribution >= 0.6 is 0 Å². The Balaban J connectivity index is 1.09. The zero-order valence-corrected chi connectivity index (χ0v) is 32.9. The number of fused-ring (bicyclic) bond motifs is 7. The minimum atomic E-state index is -0.756. The lowest BCUT2D eigenvalue weighted by molar-refractivity contribution is -0.193. The maximum absolute atomic E-state index is 13.9. The van der Waals surface area contributed by atoms with Crippen LogP contribution in [0.25, 0.3) is 0 Å². The summed E-state index contributed by atoms with van der Waals surface area (Å²) in [5, 5.41) is 16.3. The summed E-state index contributed by atoms with van der Waals surface area (Å²) in [6.45, 7) is 19.2. The molecule has 284 valence electrons. The second-order valence-electron chi connectivity index (χ2n) is 20.4. The highest BCUT2D eigenvalue weighted by Gasteiger charge is 2.66. The van der Waals surface area contributed by atoms with Gasteiger partial charge in [0.15, 0.2) is 5.78 Å². The molecule has 0 spiro atoms. The van der Waals surface area contributed by atoms with Gasteiger partial charge in [-0.25, -0.2) is 0 Å². The van der Waals surface area contributed by atoms with E-state index in [2.05, 4.69) is 52.2 Å². The lowest BCUT2D eigenvalue weighted by Crippen LogP contribution is -2.62. The van der Waals surface area contributed by atoms with E-state index in [9.17, 15) is 24.3 Å². The number of piperidine rings is 1. The van der Waals surface area contributed by atoms with Gasteiger partial charge in [-0.15, -0.1) is 0 Å². The highest BCUT2D eigenvalue weighted by molar-refractivity contribution is 6.01. The summed E-state index contributed by atoms with van der Waals surface area (Å²) in [4.78, 5) is 52.8. The molecule has 1 amide bonds. The standard InChI is InChI=1S/C44H68N2O5/c1-25(2)38-34(48)22-44(23-37(49)46-24-27-13-18-45-19-14-27)17-11-32-29(39(38)44)8-9-36-42(32,6)16-12-35-41(4,5)28(10-15-43(35,36)7)20-33(47)30-21-31(26(30)3)40(50)51/h25-32,35-36,45H,8-24H2,1-7H3,(H,46,49)(H,50,51). The second kappa shape index (κ2) is 13.4. The summed E-state index contributed by atoms with van der Waals surface area (Å²) in [7, 11) is 0. The number of hydrogen-bond acceptors (Lipinski definition) is 5. The number of nitrogens with one attached hydrogen (secondary N) is 2. The number of Topliss-reactive ketones (excluding diaryl/α,β-unsaturated/α-hetero) is 2. The molecule has 51 heavy (non-hydrogen) atoms. The molecule has 1 saturated heterocycles. The Morgan fingerprint density at radius 2 is 1.59 bits per heavy atom. The van der Waals surface area contributed by atoms with Gasteiger partial charge in [0.25, 0.3) is 0 Å². The molecular formula is C44H68N2O5. The SMILES string of the molecule is CC(C)C1=C2C3CCC4C(C)(CCC5C(C)(C)C(CC(=O)C6CC(C(=O)O)C6C)CCC54C)C3CCC2(CC(=O)NCC2CCNCC2)CC1=O. The molecular weight excluding hydrogens is 636 g/mol. The molecule has 0 aromatic rings. The van der Waals surface area contributed by atoms with E-state index >= 15 is 0 Å². The predicted molar refractivity (Wildman–Crippen MR) is 200 cm³/mol. The first-order chi connectivity index (χ1) is 24.0. The Labute approximate surface area is 307 Å². The zero-order valence-electron chi connectivity index (χ0n) is 32.9. The summed E-state index contributed by atoms with van der Waals surface area (Å²) < 4.78 is 0. The van der Waals surface area contributed by atoms with Crippen molar-refractivity contribution in [2.45, 2.75) is 138 Å². The van der Waals surface area contributed by atoms with E-state index in [4.69, 9.17) is 0 Å². The molecule has 11 unspecified atom stereocenters. The molecule has 1 aliphatic heterocycles. The number of amides is 1. The Morgan fingerprint density at radius 3 is 2.25 bits per heavy atom. The lowest BCUT2D eigenvalue weighted by atomic mass is 9.35. The third-order valence-electron chi connectivity index (χ3n) is 17.5. The van der Waals surface area contributed by atoms with E-state index < -0.39 is 5.97 Å². The van der Waals surface area contributed by atoms with Crippen LogP contribution in [0.4, 0.5) is 0 Å². The van der Waals surface area contributed by atoms with Gasteiger partial charge in [0, 0.05) is 37.1 Å². The van der Waals surface area contributed by atoms with Gasteiger partial charge in [-0.05, 0) is 153 Å². The fourth-order valence-electron chi connectivity index (χ4n) is 14.7. The van der Waals surface area contributed by atoms with Crippen molar-refractivity contribution in [1.29, 1.82) is 0 Å². The normalized spacial score (nSPS) is 43.4. The molecule has 6 fully saturated rings. The van der Waals surface area contributed by atoms with Crippen LogP contribution in [0.1, 0.15) is 138 Å². The number of hydrogen-bond donors (Lipinski definition) is 3. The van der Waals surface area contributed by atoms with Crippen LogP contribution in [-0.4, -0.2) is 48.2 Å². The summed E-state index contributed by atoms with van der Waals surface area (Å²) in [5.74, 6) is 2.65. The van der Waals surface area contributed by atoms with Crippen molar-refractivity contribution in [2.75, 3.05) is 19.6 Å². The van der Waals surface area contributed by atoms with Gasteiger partial charge in [-0.2, -0.15) is 0 Å². The highest BCUT2D eigenvalue weighted by Crippen LogP contribution is 2.74. The summed E-state index contributed by atoms with van der Waals surface area (Å²) in [5.41, 5.74) is 2.62. The second-order valence-corrected chi connectivity index (χ2v) is 20.4. The van der Waals surface area contributed by atoms with Gasteiger partial charge in [0.05, 0.1) is 5.92 Å². The van der Waals surface area contributed by atoms with Crippen molar-refractivity contribution < 1.29 is 24.3 Å². The molecule has 0 radical (unpaired) electrons. The molecule has 7 aliphatic rings. The van der Waals surface area contributed by atoms with Gasteiger partial charge in [0.1, 0.15) is 5.78 Å². The monoisotopic (exact) mass is 705 g/mol. The van der Waals surface area contributed by atoms with Crippen molar-refractivity contribution in [2.24, 2.45) is 80.8 Å². The molecule has 0 bridgehead atoms. The molecule has 0 aromatic heterocycles. The molecule has 0 aromatic carbocycles. The highest BCUT2D eigenvalue weighted by atomic mass is 16.4.